The van der Waals surface area contributed by atoms with Crippen LogP contribution in [-0.2, 0) is 12.8 Å². The van der Waals surface area contributed by atoms with E-state index in [0.717, 1.165) is 12.1 Å². The molecular weight excluding hydrogens is 536 g/mol. The van der Waals surface area contributed by atoms with Gasteiger partial charge in [-0.05, 0) is 35.4 Å². The predicted octanol–water partition coefficient (Wildman–Crippen LogP) is 3.50. The third-order valence-electron chi connectivity index (χ3n) is 7.61. The molecule has 9 N–H and O–H groups in total. The van der Waals surface area contributed by atoms with Crippen LogP contribution in [0.2, 0.25) is 0 Å². The molecule has 0 saturated heterocycles. The Morgan fingerprint density at radius 1 is 0.634 bits per heavy atom. The summed E-state index contributed by atoms with van der Waals surface area (Å²) in [5.41, 5.74) is 1.67. The van der Waals surface area contributed by atoms with Crippen LogP contribution in [0, 0.1) is 0 Å². The zero-order valence-electron chi connectivity index (χ0n) is 21.3. The molecule has 0 bridgehead atoms. The van der Waals surface area contributed by atoms with E-state index in [2.05, 4.69) is 0 Å². The average Bonchev–Trinajstić information content (AvgIpc) is 3.27. The minimum Gasteiger partial charge on any atom is -0.508 e. The fraction of sp³-hybridized carbons (Fsp3) is 0.200. The summed E-state index contributed by atoms with van der Waals surface area (Å²) in [5.74, 6) is -3.10. The first-order valence-corrected chi connectivity index (χ1v) is 12.7. The van der Waals surface area contributed by atoms with E-state index in [1.807, 2.05) is 0 Å². The number of phenolic OH excluding ortho intramolecular Hbond substituents is 8. The second-order valence-electron chi connectivity index (χ2n) is 10.2. The summed E-state index contributed by atoms with van der Waals surface area (Å²) < 4.78 is 12.5. The van der Waals surface area contributed by atoms with Crippen molar-refractivity contribution in [2.24, 2.45) is 0 Å². The van der Waals surface area contributed by atoms with Crippen molar-refractivity contribution in [3.63, 3.8) is 0 Å². The van der Waals surface area contributed by atoms with Crippen molar-refractivity contribution in [1.82, 2.24) is 0 Å². The van der Waals surface area contributed by atoms with Gasteiger partial charge in [0.05, 0.1) is 12.0 Å². The van der Waals surface area contributed by atoms with Gasteiger partial charge in [0.15, 0.2) is 23.0 Å². The van der Waals surface area contributed by atoms with Crippen LogP contribution in [-0.4, -0.2) is 58.2 Å². The van der Waals surface area contributed by atoms with Crippen LogP contribution < -0.4 is 9.47 Å². The molecule has 0 aliphatic carbocycles. The number of aliphatic hydroxyl groups excluding tert-OH is 1. The van der Waals surface area contributed by atoms with E-state index in [4.69, 9.17) is 9.47 Å². The molecule has 0 amide bonds. The highest BCUT2D eigenvalue weighted by Crippen LogP contribution is 2.55. The van der Waals surface area contributed by atoms with Gasteiger partial charge >= 0.3 is 0 Å². The van der Waals surface area contributed by atoms with Crippen LogP contribution in [0.15, 0.2) is 54.6 Å². The van der Waals surface area contributed by atoms with Crippen LogP contribution in [0.4, 0.5) is 0 Å². The van der Waals surface area contributed by atoms with Gasteiger partial charge in [-0.15, -0.1) is 0 Å². The smallest absolute Gasteiger partial charge is 0.157 e. The number of aromatic hydroxyl groups is 8. The molecule has 4 aromatic rings. The Morgan fingerprint density at radius 2 is 1.24 bits per heavy atom. The number of fused-ring (bicyclic) bond motifs is 3. The van der Waals surface area contributed by atoms with E-state index in [-0.39, 0.29) is 64.4 Å². The fourth-order valence-electron chi connectivity index (χ4n) is 5.66. The molecular formula is C30H26O11. The highest BCUT2D eigenvalue weighted by Gasteiger charge is 2.44. The lowest BCUT2D eigenvalue weighted by atomic mass is 9.82. The van der Waals surface area contributed by atoms with E-state index in [0.29, 0.717) is 22.3 Å². The Bertz CT molecular complexity index is 1660. The first-order valence-electron chi connectivity index (χ1n) is 12.7. The molecule has 0 unspecified atom stereocenters. The molecule has 2 heterocycles. The molecule has 2 aliphatic rings. The molecule has 2 aliphatic heterocycles. The van der Waals surface area contributed by atoms with Gasteiger partial charge in [-0.1, -0.05) is 12.1 Å². The summed E-state index contributed by atoms with van der Waals surface area (Å²) in [6, 6.07) is 11.8. The number of rotatable bonds is 4. The molecule has 0 saturated carbocycles. The standard InChI is InChI=1S/C30H26O11/c31-14-7-19(34)15(20(35)8-14)10-25-27(12-1-3-17(32)22(37)5-12)28-26(40-25)11-21(36)16-9-24(39)29(41-30(16)28)13-2-4-18(33)23(38)6-13/h1-8,11,24-25,27,29,31-39H,9-10H2/t24-,25-,27-,29-/m0/s1. The van der Waals surface area contributed by atoms with Gasteiger partial charge in [0.2, 0.25) is 0 Å². The minimum absolute atomic E-state index is 0.0293. The fourth-order valence-corrected chi connectivity index (χ4v) is 5.66. The second-order valence-corrected chi connectivity index (χ2v) is 10.2. The zero-order chi connectivity index (χ0) is 29.2. The molecule has 11 heteroatoms. The maximum Gasteiger partial charge on any atom is 0.157 e. The van der Waals surface area contributed by atoms with E-state index in [9.17, 15) is 46.0 Å². The quantitative estimate of drug-likeness (QED) is 0.165. The summed E-state index contributed by atoms with van der Waals surface area (Å²) in [4.78, 5) is 0. The van der Waals surface area contributed by atoms with Gasteiger partial charge in [0, 0.05) is 47.7 Å². The summed E-state index contributed by atoms with van der Waals surface area (Å²) in [5, 5.41) is 92.6. The van der Waals surface area contributed by atoms with E-state index in [1.54, 1.807) is 6.07 Å². The highest BCUT2D eigenvalue weighted by atomic mass is 16.5. The molecule has 0 fully saturated rings. The van der Waals surface area contributed by atoms with Crippen molar-refractivity contribution in [3.05, 3.63) is 82.4 Å². The van der Waals surface area contributed by atoms with Crippen molar-refractivity contribution >= 4 is 0 Å². The number of hydrogen-bond acceptors (Lipinski definition) is 11. The third-order valence-corrected chi connectivity index (χ3v) is 7.61. The lowest BCUT2D eigenvalue weighted by Gasteiger charge is -2.33. The van der Waals surface area contributed by atoms with E-state index >= 15 is 0 Å². The van der Waals surface area contributed by atoms with Crippen molar-refractivity contribution in [3.8, 4) is 57.5 Å². The van der Waals surface area contributed by atoms with Crippen LogP contribution in [0.5, 0.6) is 57.5 Å². The number of aliphatic hydroxyl groups is 1. The van der Waals surface area contributed by atoms with Gasteiger partial charge in [0.25, 0.3) is 0 Å². The normalized spacial score (nSPS) is 21.0. The Hall–Kier alpha value is -5.16. The first kappa shape index (κ1) is 26.1. The summed E-state index contributed by atoms with van der Waals surface area (Å²) >= 11 is 0. The zero-order valence-corrected chi connectivity index (χ0v) is 21.3. The summed E-state index contributed by atoms with van der Waals surface area (Å²) in [6.45, 7) is 0. The average molecular weight is 563 g/mol. The van der Waals surface area contributed by atoms with Crippen LogP contribution in [0.25, 0.3) is 0 Å². The van der Waals surface area contributed by atoms with Gasteiger partial charge in [0.1, 0.15) is 46.7 Å². The maximum absolute atomic E-state index is 10.9. The predicted molar refractivity (Wildman–Crippen MR) is 142 cm³/mol. The largest absolute Gasteiger partial charge is 0.508 e. The summed E-state index contributed by atoms with van der Waals surface area (Å²) in [6.07, 6.45) is -3.08. The SMILES string of the molecule is Oc1cc(O)c(C[C@@H]2Oc3cc(O)c4c(c3[C@H]2c2ccc(O)c(O)c2)O[C@@H](c2ccc(O)c(O)c2)[C@@H](O)C4)c(O)c1. The van der Waals surface area contributed by atoms with Crippen molar-refractivity contribution < 1.29 is 55.4 Å². The highest BCUT2D eigenvalue weighted by molar-refractivity contribution is 5.65. The first-order chi connectivity index (χ1) is 19.5. The lowest BCUT2D eigenvalue weighted by Crippen LogP contribution is -2.31. The van der Waals surface area contributed by atoms with Crippen LogP contribution in [0.1, 0.15) is 39.8 Å². The molecule has 0 aromatic heterocycles. The van der Waals surface area contributed by atoms with E-state index in [1.165, 1.54) is 36.4 Å². The maximum atomic E-state index is 10.9. The Labute approximate surface area is 232 Å². The van der Waals surface area contributed by atoms with E-state index < -0.39 is 35.7 Å². The molecule has 11 nitrogen and oxygen atoms in total. The molecule has 41 heavy (non-hydrogen) atoms. The van der Waals surface area contributed by atoms with Gasteiger partial charge in [-0.3, -0.25) is 0 Å². The second kappa shape index (κ2) is 9.49. The molecule has 6 rings (SSSR count). The van der Waals surface area contributed by atoms with Gasteiger partial charge in [-0.2, -0.15) is 0 Å². The Balaban J connectivity index is 1.50. The Kier molecular flexibility index (Phi) is 6.04. The lowest BCUT2D eigenvalue weighted by molar-refractivity contribution is 0.0191. The monoisotopic (exact) mass is 562 g/mol. The number of phenols is 8. The summed E-state index contributed by atoms with van der Waals surface area (Å²) in [7, 11) is 0. The van der Waals surface area contributed by atoms with Gasteiger partial charge < -0.3 is 55.4 Å². The number of benzene rings is 4. The molecule has 4 atom stereocenters. The van der Waals surface area contributed by atoms with Crippen molar-refractivity contribution in [1.29, 1.82) is 0 Å². The molecule has 4 aromatic carbocycles. The van der Waals surface area contributed by atoms with Crippen LogP contribution in [0.3, 0.4) is 0 Å². The molecule has 0 radical (unpaired) electrons. The number of hydrogen-bond donors (Lipinski definition) is 9. The topological polar surface area (TPSA) is 201 Å². The number of ether oxygens (including phenoxy) is 2. The third kappa shape index (κ3) is 4.36. The van der Waals surface area contributed by atoms with Crippen LogP contribution >= 0.6 is 0 Å². The molecule has 212 valence electrons. The van der Waals surface area contributed by atoms with Gasteiger partial charge in [-0.25, -0.2) is 0 Å². The minimum atomic E-state index is -1.13. The van der Waals surface area contributed by atoms with Crippen molar-refractivity contribution in [2.45, 2.75) is 37.1 Å². The van der Waals surface area contributed by atoms with Crippen molar-refractivity contribution in [2.75, 3.05) is 0 Å². The molecule has 0 spiro atoms. The Morgan fingerprint density at radius 3 is 1.88 bits per heavy atom.